The second kappa shape index (κ2) is 4.90. The number of ketones is 1. The van der Waals surface area contributed by atoms with Gasteiger partial charge in [0.15, 0.2) is 5.78 Å². The minimum atomic E-state index is 0.00213. The van der Waals surface area contributed by atoms with Gasteiger partial charge in [0.25, 0.3) is 0 Å². The Hall–Kier alpha value is -2.33. The summed E-state index contributed by atoms with van der Waals surface area (Å²) in [6, 6.07) is 13.2. The van der Waals surface area contributed by atoms with Crippen LogP contribution in [0.25, 0.3) is 0 Å². The summed E-state index contributed by atoms with van der Waals surface area (Å²) in [5.74, 6) is 0.00213. The number of carbonyl (C=O) groups excluding carboxylic acids is 1. The van der Waals surface area contributed by atoms with Crippen LogP contribution in [0.3, 0.4) is 0 Å². The summed E-state index contributed by atoms with van der Waals surface area (Å²) in [5.41, 5.74) is 4.05. The molecule has 0 fully saturated rings. The van der Waals surface area contributed by atoms with Gasteiger partial charge in [-0.15, -0.1) is 10.2 Å². The van der Waals surface area contributed by atoms with E-state index in [9.17, 15) is 4.79 Å². The Kier molecular flexibility index (Phi) is 3.18. The molecule has 0 aromatic heterocycles. The summed E-state index contributed by atoms with van der Waals surface area (Å²) >= 11 is 0. The molecule has 106 valence electrons. The van der Waals surface area contributed by atoms with Crippen molar-refractivity contribution in [2.75, 3.05) is 21.1 Å². The molecule has 0 bridgehead atoms. The lowest BCUT2D eigenvalue weighted by molar-refractivity contribution is -0.883. The van der Waals surface area contributed by atoms with E-state index in [1.54, 1.807) is 0 Å². The number of rotatable bonds is 4. The zero-order valence-corrected chi connectivity index (χ0v) is 12.5. The molecule has 0 unspecified atom stereocenters. The summed E-state index contributed by atoms with van der Waals surface area (Å²) in [5, 5.41) is 8.18. The Morgan fingerprint density at radius 1 is 0.952 bits per heavy atom. The summed E-state index contributed by atoms with van der Waals surface area (Å²) in [4.78, 5) is 12.5. The number of carbonyl (C=O) groups is 1. The standard InChI is InChI=1S/C17H18N3O/c1-20(2,3)11-13-9-10-14(16-15(13)18-19-16)17(21)12-7-5-4-6-8-12/h4-10H,11H2,1-3H3/q+1. The SMILES string of the molecule is C[N+](C)(C)Cc1ccc(C(=O)c2ccccc2)c2c1N=N2. The topological polar surface area (TPSA) is 41.8 Å². The van der Waals surface area contributed by atoms with Crippen molar-refractivity contribution in [3.63, 3.8) is 0 Å². The van der Waals surface area contributed by atoms with Crippen LogP contribution in [0.5, 0.6) is 0 Å². The molecule has 0 aliphatic carbocycles. The van der Waals surface area contributed by atoms with Gasteiger partial charge in [-0.2, -0.15) is 0 Å². The molecule has 21 heavy (non-hydrogen) atoms. The summed E-state index contributed by atoms with van der Waals surface area (Å²) in [6.45, 7) is 0.862. The number of fused-ring (bicyclic) bond motifs is 1. The number of benzene rings is 2. The Morgan fingerprint density at radius 3 is 2.19 bits per heavy atom. The van der Waals surface area contributed by atoms with Crippen LogP contribution in [0.2, 0.25) is 0 Å². The van der Waals surface area contributed by atoms with Crippen LogP contribution < -0.4 is 0 Å². The lowest BCUT2D eigenvalue weighted by Gasteiger charge is -2.26. The third kappa shape index (κ3) is 2.62. The van der Waals surface area contributed by atoms with Gasteiger partial charge in [-0.1, -0.05) is 36.4 Å². The van der Waals surface area contributed by atoms with E-state index in [0.29, 0.717) is 11.1 Å². The predicted octanol–water partition coefficient (Wildman–Crippen LogP) is 3.85. The van der Waals surface area contributed by atoms with E-state index in [4.69, 9.17) is 0 Å². The van der Waals surface area contributed by atoms with E-state index in [0.717, 1.165) is 28.0 Å². The first-order valence-electron chi connectivity index (χ1n) is 6.93. The number of hydrogen-bond donors (Lipinski definition) is 0. The van der Waals surface area contributed by atoms with Crippen molar-refractivity contribution in [2.45, 2.75) is 6.54 Å². The molecule has 0 spiro atoms. The third-order valence-electron chi connectivity index (χ3n) is 3.41. The second-order valence-corrected chi connectivity index (χ2v) is 6.31. The molecular weight excluding hydrogens is 262 g/mol. The highest BCUT2D eigenvalue weighted by Crippen LogP contribution is 2.44. The van der Waals surface area contributed by atoms with Crippen molar-refractivity contribution in [3.05, 3.63) is 59.2 Å². The molecule has 0 atom stereocenters. The molecule has 0 saturated carbocycles. The molecular formula is C17H18N3O+. The average Bonchev–Trinajstić information content (AvgIpc) is 2.39. The van der Waals surface area contributed by atoms with Crippen molar-refractivity contribution in [2.24, 2.45) is 10.2 Å². The first kappa shape index (κ1) is 13.6. The number of azo groups is 1. The molecule has 4 nitrogen and oxygen atoms in total. The minimum absolute atomic E-state index is 0.00213. The molecule has 0 saturated heterocycles. The molecule has 0 radical (unpaired) electrons. The van der Waals surface area contributed by atoms with Crippen LogP contribution in [0.15, 0.2) is 52.7 Å². The highest BCUT2D eigenvalue weighted by molar-refractivity contribution is 6.13. The van der Waals surface area contributed by atoms with Gasteiger partial charge in [0, 0.05) is 11.1 Å². The number of nitrogens with zero attached hydrogens (tertiary/aromatic N) is 3. The molecule has 1 aliphatic heterocycles. The third-order valence-corrected chi connectivity index (χ3v) is 3.41. The molecule has 4 heteroatoms. The lowest BCUT2D eigenvalue weighted by Crippen LogP contribution is -2.33. The maximum absolute atomic E-state index is 12.5. The van der Waals surface area contributed by atoms with E-state index >= 15 is 0 Å². The summed E-state index contributed by atoms with van der Waals surface area (Å²) < 4.78 is 0.813. The fourth-order valence-electron chi connectivity index (χ4n) is 2.46. The average molecular weight is 280 g/mol. The Morgan fingerprint density at radius 2 is 1.62 bits per heavy atom. The van der Waals surface area contributed by atoms with Gasteiger partial charge in [0.2, 0.25) is 0 Å². The largest absolute Gasteiger partial charge is 0.327 e. The zero-order valence-electron chi connectivity index (χ0n) is 12.5. The van der Waals surface area contributed by atoms with E-state index in [2.05, 4.69) is 31.4 Å². The quantitative estimate of drug-likeness (QED) is 0.528. The van der Waals surface area contributed by atoms with Gasteiger partial charge in [-0.05, 0) is 6.07 Å². The first-order chi connectivity index (χ1) is 9.96. The van der Waals surface area contributed by atoms with Crippen LogP contribution in [-0.2, 0) is 6.54 Å². The van der Waals surface area contributed by atoms with Gasteiger partial charge < -0.3 is 4.48 Å². The molecule has 1 heterocycles. The molecule has 1 aliphatic rings. The molecule has 2 aromatic carbocycles. The van der Waals surface area contributed by atoms with E-state index < -0.39 is 0 Å². The Bertz CT molecular complexity index is 728. The van der Waals surface area contributed by atoms with Crippen LogP contribution in [0, 0.1) is 0 Å². The fourth-order valence-corrected chi connectivity index (χ4v) is 2.46. The summed E-state index contributed by atoms with van der Waals surface area (Å²) in [6.07, 6.45) is 0. The molecule has 0 N–H and O–H groups in total. The van der Waals surface area contributed by atoms with Crippen LogP contribution in [0.1, 0.15) is 21.5 Å². The lowest BCUT2D eigenvalue weighted by atomic mass is 9.97. The maximum atomic E-state index is 12.5. The first-order valence-corrected chi connectivity index (χ1v) is 6.93. The molecule has 2 aromatic rings. The van der Waals surface area contributed by atoms with Crippen LogP contribution >= 0.6 is 0 Å². The normalized spacial score (nSPS) is 12.7. The Labute approximate surface area is 124 Å². The molecule has 0 amide bonds. The summed E-state index contributed by atoms with van der Waals surface area (Å²) in [7, 11) is 6.39. The van der Waals surface area contributed by atoms with Crippen LogP contribution in [-0.4, -0.2) is 31.4 Å². The highest BCUT2D eigenvalue weighted by Gasteiger charge is 2.25. The Balaban J connectivity index is 1.97. The van der Waals surface area contributed by atoms with Crippen molar-refractivity contribution < 1.29 is 9.28 Å². The van der Waals surface area contributed by atoms with Gasteiger partial charge in [0.1, 0.15) is 17.9 Å². The second-order valence-electron chi connectivity index (χ2n) is 6.31. The van der Waals surface area contributed by atoms with Crippen molar-refractivity contribution in [1.29, 1.82) is 0 Å². The van der Waals surface area contributed by atoms with E-state index in [1.807, 2.05) is 42.5 Å². The predicted molar refractivity (Wildman–Crippen MR) is 82.2 cm³/mol. The smallest absolute Gasteiger partial charge is 0.195 e. The molecule has 3 rings (SSSR count). The van der Waals surface area contributed by atoms with Crippen molar-refractivity contribution in [1.82, 2.24) is 0 Å². The minimum Gasteiger partial charge on any atom is -0.327 e. The number of hydrogen-bond acceptors (Lipinski definition) is 3. The van der Waals surface area contributed by atoms with Crippen molar-refractivity contribution >= 4 is 17.2 Å². The van der Waals surface area contributed by atoms with Gasteiger partial charge >= 0.3 is 0 Å². The number of quaternary nitrogens is 1. The van der Waals surface area contributed by atoms with Gasteiger partial charge in [-0.3, -0.25) is 4.79 Å². The fraction of sp³-hybridized carbons (Fsp3) is 0.235. The van der Waals surface area contributed by atoms with E-state index in [-0.39, 0.29) is 5.78 Å². The van der Waals surface area contributed by atoms with E-state index in [1.165, 1.54) is 0 Å². The monoisotopic (exact) mass is 280 g/mol. The van der Waals surface area contributed by atoms with Gasteiger partial charge in [0.05, 0.1) is 26.7 Å². The zero-order chi connectivity index (χ0) is 15.0. The van der Waals surface area contributed by atoms with Gasteiger partial charge in [-0.25, -0.2) is 0 Å². The highest BCUT2D eigenvalue weighted by atomic mass is 16.1. The maximum Gasteiger partial charge on any atom is 0.195 e. The van der Waals surface area contributed by atoms with Crippen molar-refractivity contribution in [3.8, 4) is 0 Å². The van der Waals surface area contributed by atoms with Crippen LogP contribution in [0.4, 0.5) is 11.4 Å².